The number of anilines is 1. The number of amides is 2. The summed E-state index contributed by atoms with van der Waals surface area (Å²) in [7, 11) is 0. The Hall–Kier alpha value is -3.78. The summed E-state index contributed by atoms with van der Waals surface area (Å²) in [4.78, 5) is 39.5. The van der Waals surface area contributed by atoms with E-state index >= 15 is 0 Å². The maximum atomic E-state index is 13.1. The minimum absolute atomic E-state index is 0.148. The summed E-state index contributed by atoms with van der Waals surface area (Å²) in [5, 5.41) is 8.84. The van der Waals surface area contributed by atoms with Gasteiger partial charge >= 0.3 is 6.18 Å². The molecular formula is C25H24F3N3O5. The molecule has 0 aliphatic carbocycles. The number of rotatable bonds is 4. The van der Waals surface area contributed by atoms with Crippen LogP contribution in [0.5, 0.6) is 0 Å². The number of alkyl halides is 3. The van der Waals surface area contributed by atoms with Gasteiger partial charge in [0.15, 0.2) is 0 Å². The standard InChI is InChI=1S/C16H11F3N2O3.C7H7NO2.C2H6/c17-16(18,19)9-5-8(2-1-7(9)6-20)21-14(22)12-10-3-4-11(24-10)13(12)15(21)23;9-6-10-5-7-1-3-8-4-2-7;1-2/h1-2,5,10-13H,3-4H2;1-4,6H,5H2;1-2H3. The van der Waals surface area contributed by atoms with Crippen LogP contribution in [0.15, 0.2) is 42.7 Å². The number of pyridine rings is 1. The number of benzene rings is 1. The molecule has 36 heavy (non-hydrogen) atoms. The zero-order valence-corrected chi connectivity index (χ0v) is 19.6. The zero-order chi connectivity index (χ0) is 26.5. The van der Waals surface area contributed by atoms with Crippen molar-refractivity contribution < 1.29 is 37.0 Å². The lowest BCUT2D eigenvalue weighted by molar-refractivity contribution is -0.138. The van der Waals surface area contributed by atoms with E-state index in [-0.39, 0.29) is 17.9 Å². The molecule has 0 spiro atoms. The molecule has 0 N–H and O–H groups in total. The van der Waals surface area contributed by atoms with Gasteiger partial charge in [-0.1, -0.05) is 13.8 Å². The highest BCUT2D eigenvalue weighted by atomic mass is 19.4. The molecule has 3 aliphatic rings. The molecular weight excluding hydrogens is 479 g/mol. The number of nitrogens with zero attached hydrogens (tertiary/aromatic N) is 3. The van der Waals surface area contributed by atoms with Gasteiger partial charge in [-0.3, -0.25) is 19.4 Å². The summed E-state index contributed by atoms with van der Waals surface area (Å²) < 4.78 is 49.4. The van der Waals surface area contributed by atoms with Crippen LogP contribution in [0, 0.1) is 23.2 Å². The molecule has 3 fully saturated rings. The lowest BCUT2D eigenvalue weighted by atomic mass is 9.81. The summed E-state index contributed by atoms with van der Waals surface area (Å²) in [6.45, 7) is 4.76. The predicted octanol–water partition coefficient (Wildman–Crippen LogP) is 4.02. The topological polar surface area (TPSA) is 110 Å². The van der Waals surface area contributed by atoms with Gasteiger partial charge in [-0.15, -0.1) is 0 Å². The number of carbonyl (C=O) groups excluding carboxylic acids is 3. The minimum atomic E-state index is -4.75. The van der Waals surface area contributed by atoms with E-state index in [4.69, 9.17) is 10.00 Å². The molecule has 0 saturated carbocycles. The number of halogens is 3. The third kappa shape index (κ3) is 5.23. The number of carbonyl (C=O) groups is 3. The van der Waals surface area contributed by atoms with Crippen LogP contribution in [0.4, 0.5) is 18.9 Å². The molecule has 3 aliphatic heterocycles. The van der Waals surface area contributed by atoms with E-state index in [1.165, 1.54) is 12.1 Å². The summed E-state index contributed by atoms with van der Waals surface area (Å²) in [6.07, 6.45) is -0.735. The van der Waals surface area contributed by atoms with Crippen molar-refractivity contribution in [1.82, 2.24) is 4.98 Å². The Morgan fingerprint density at radius 1 is 1.11 bits per heavy atom. The van der Waals surface area contributed by atoms with E-state index < -0.39 is 41.0 Å². The summed E-state index contributed by atoms with van der Waals surface area (Å²) in [5.74, 6) is -2.26. The van der Waals surface area contributed by atoms with Crippen LogP contribution in [0.2, 0.25) is 0 Å². The average Bonchev–Trinajstić information content (AvgIpc) is 3.58. The molecule has 4 atom stereocenters. The maximum absolute atomic E-state index is 13.1. The average molecular weight is 503 g/mol. The second kappa shape index (κ2) is 11.3. The van der Waals surface area contributed by atoms with Gasteiger partial charge in [-0.05, 0) is 48.7 Å². The number of ether oxygens (including phenoxy) is 2. The highest BCUT2D eigenvalue weighted by Crippen LogP contribution is 2.49. The van der Waals surface area contributed by atoms with Crippen molar-refractivity contribution in [1.29, 1.82) is 5.26 Å². The Morgan fingerprint density at radius 3 is 2.19 bits per heavy atom. The number of nitriles is 1. The van der Waals surface area contributed by atoms with E-state index in [0.717, 1.165) is 16.5 Å². The Labute approximate surface area is 205 Å². The van der Waals surface area contributed by atoms with Gasteiger partial charge in [0.25, 0.3) is 6.47 Å². The van der Waals surface area contributed by atoms with Crippen LogP contribution in [-0.2, 0) is 36.6 Å². The molecule has 0 radical (unpaired) electrons. The van der Waals surface area contributed by atoms with E-state index in [2.05, 4.69) is 9.72 Å². The van der Waals surface area contributed by atoms with Gasteiger partial charge in [-0.25, -0.2) is 4.90 Å². The highest BCUT2D eigenvalue weighted by molar-refractivity contribution is 6.22. The molecule has 4 heterocycles. The number of imide groups is 1. The fourth-order valence-electron chi connectivity index (χ4n) is 4.58. The quantitative estimate of drug-likeness (QED) is 0.458. The molecule has 1 aromatic heterocycles. The van der Waals surface area contributed by atoms with Gasteiger partial charge in [-0.2, -0.15) is 18.4 Å². The maximum Gasteiger partial charge on any atom is 0.417 e. The van der Waals surface area contributed by atoms with E-state index in [1.54, 1.807) is 24.5 Å². The van der Waals surface area contributed by atoms with Crippen molar-refractivity contribution in [2.24, 2.45) is 11.8 Å². The fraction of sp³-hybridized carbons (Fsp3) is 0.400. The third-order valence-electron chi connectivity index (χ3n) is 6.04. The van der Waals surface area contributed by atoms with E-state index in [9.17, 15) is 27.6 Å². The van der Waals surface area contributed by atoms with E-state index in [0.29, 0.717) is 32.0 Å². The van der Waals surface area contributed by atoms with Crippen LogP contribution in [-0.4, -0.2) is 35.5 Å². The second-order valence-corrected chi connectivity index (χ2v) is 7.96. The molecule has 4 unspecified atom stereocenters. The Morgan fingerprint density at radius 2 is 1.69 bits per heavy atom. The van der Waals surface area contributed by atoms with Crippen molar-refractivity contribution in [2.75, 3.05) is 4.90 Å². The number of hydrogen-bond acceptors (Lipinski definition) is 7. The summed E-state index contributed by atoms with van der Waals surface area (Å²) >= 11 is 0. The van der Waals surface area contributed by atoms with Crippen molar-refractivity contribution >= 4 is 24.0 Å². The number of aromatic nitrogens is 1. The zero-order valence-electron chi connectivity index (χ0n) is 19.6. The van der Waals surface area contributed by atoms with Gasteiger partial charge in [0.05, 0.1) is 46.9 Å². The van der Waals surface area contributed by atoms with E-state index in [1.807, 2.05) is 13.8 Å². The van der Waals surface area contributed by atoms with Crippen LogP contribution in [0.3, 0.4) is 0 Å². The predicted molar refractivity (Wildman–Crippen MR) is 120 cm³/mol. The van der Waals surface area contributed by atoms with Crippen molar-refractivity contribution in [3.63, 3.8) is 0 Å². The van der Waals surface area contributed by atoms with Crippen LogP contribution in [0.25, 0.3) is 0 Å². The Bertz CT molecular complexity index is 1120. The van der Waals surface area contributed by atoms with Crippen molar-refractivity contribution in [3.05, 3.63) is 59.4 Å². The first-order valence-corrected chi connectivity index (χ1v) is 11.3. The lowest BCUT2D eigenvalue weighted by Gasteiger charge is -2.19. The van der Waals surface area contributed by atoms with Crippen LogP contribution < -0.4 is 4.90 Å². The smallest absolute Gasteiger partial charge is 0.417 e. The first-order valence-electron chi connectivity index (χ1n) is 11.3. The molecule has 190 valence electrons. The van der Waals surface area contributed by atoms with Crippen molar-refractivity contribution in [2.45, 2.75) is 51.7 Å². The van der Waals surface area contributed by atoms with Crippen LogP contribution in [0.1, 0.15) is 43.4 Å². The molecule has 2 amide bonds. The van der Waals surface area contributed by atoms with Crippen molar-refractivity contribution in [3.8, 4) is 6.07 Å². The third-order valence-corrected chi connectivity index (χ3v) is 6.04. The van der Waals surface area contributed by atoms with Gasteiger partial charge < -0.3 is 9.47 Å². The monoisotopic (exact) mass is 503 g/mol. The van der Waals surface area contributed by atoms with Crippen LogP contribution >= 0.6 is 0 Å². The minimum Gasteiger partial charge on any atom is -0.463 e. The molecule has 11 heteroatoms. The van der Waals surface area contributed by atoms with Gasteiger partial charge in [0.2, 0.25) is 11.8 Å². The molecule has 2 aromatic rings. The number of fused-ring (bicyclic) bond motifs is 5. The van der Waals surface area contributed by atoms with Gasteiger partial charge in [0, 0.05) is 12.4 Å². The van der Waals surface area contributed by atoms with Gasteiger partial charge in [0.1, 0.15) is 6.61 Å². The molecule has 5 rings (SSSR count). The molecule has 1 aromatic carbocycles. The first kappa shape index (κ1) is 26.8. The lowest BCUT2D eigenvalue weighted by Crippen LogP contribution is -2.34. The Kier molecular flexibility index (Phi) is 8.42. The molecule has 2 bridgehead atoms. The molecule has 3 saturated heterocycles. The SMILES string of the molecule is CC.N#Cc1ccc(N2C(=O)C3C4CCC(O4)C3C2=O)cc1C(F)(F)F.O=COCc1ccncc1. The summed E-state index contributed by atoms with van der Waals surface area (Å²) in [5.41, 5.74) is -0.902. The largest absolute Gasteiger partial charge is 0.463 e. The summed E-state index contributed by atoms with van der Waals surface area (Å²) in [6, 6.07) is 7.95. The Balaban J connectivity index is 0.000000253. The first-order chi connectivity index (χ1) is 17.3. The normalized spacial score (nSPS) is 23.6. The number of hydrogen-bond donors (Lipinski definition) is 0. The molecule has 8 nitrogen and oxygen atoms in total. The highest BCUT2D eigenvalue weighted by Gasteiger charge is 2.62. The fourth-order valence-corrected chi connectivity index (χ4v) is 4.58. The second-order valence-electron chi connectivity index (χ2n) is 7.96.